The lowest BCUT2D eigenvalue weighted by atomic mass is 9.62. The van der Waals surface area contributed by atoms with Crippen LogP contribution in [-0.2, 0) is 0 Å². The second-order valence-electron chi connectivity index (χ2n) is 5.30. The SMILES string of the molecule is C=CC[C@@]1(O)CCC[C@]12CCCC[C@@H]2O. The summed E-state index contributed by atoms with van der Waals surface area (Å²) in [5, 5.41) is 20.9. The molecule has 0 bridgehead atoms. The molecule has 0 unspecified atom stereocenters. The van der Waals surface area contributed by atoms with Crippen LogP contribution in [0.15, 0.2) is 12.7 Å². The molecule has 0 aromatic rings. The third kappa shape index (κ3) is 1.55. The number of rotatable bonds is 2. The van der Waals surface area contributed by atoms with Crippen LogP contribution in [-0.4, -0.2) is 21.9 Å². The van der Waals surface area contributed by atoms with Gasteiger partial charge in [-0.05, 0) is 38.5 Å². The summed E-state index contributed by atoms with van der Waals surface area (Å²) in [7, 11) is 0. The van der Waals surface area contributed by atoms with Crippen LogP contribution < -0.4 is 0 Å². The van der Waals surface area contributed by atoms with Crippen LogP contribution in [0, 0.1) is 5.41 Å². The lowest BCUT2D eigenvalue weighted by Crippen LogP contribution is -2.52. The summed E-state index contributed by atoms with van der Waals surface area (Å²) < 4.78 is 0. The van der Waals surface area contributed by atoms with E-state index in [1.165, 1.54) is 0 Å². The molecule has 2 N–H and O–H groups in total. The van der Waals surface area contributed by atoms with Crippen molar-refractivity contribution in [2.75, 3.05) is 0 Å². The Morgan fingerprint density at radius 3 is 2.60 bits per heavy atom. The summed E-state index contributed by atoms with van der Waals surface area (Å²) in [6.45, 7) is 3.73. The summed E-state index contributed by atoms with van der Waals surface area (Å²) in [5.41, 5.74) is -0.909. The molecule has 86 valence electrons. The van der Waals surface area contributed by atoms with Crippen LogP contribution in [0.5, 0.6) is 0 Å². The van der Waals surface area contributed by atoms with Gasteiger partial charge in [0.1, 0.15) is 0 Å². The molecule has 0 radical (unpaired) electrons. The van der Waals surface area contributed by atoms with Crippen molar-refractivity contribution in [3.63, 3.8) is 0 Å². The van der Waals surface area contributed by atoms with Crippen LogP contribution in [0.2, 0.25) is 0 Å². The Bertz CT molecular complexity index is 251. The average molecular weight is 210 g/mol. The summed E-state index contributed by atoms with van der Waals surface area (Å²) in [6.07, 6.45) is 9.08. The summed E-state index contributed by atoms with van der Waals surface area (Å²) in [4.78, 5) is 0. The highest BCUT2D eigenvalue weighted by molar-refractivity contribution is 5.10. The first-order valence-corrected chi connectivity index (χ1v) is 6.16. The van der Waals surface area contributed by atoms with Gasteiger partial charge in [-0.2, -0.15) is 0 Å². The molecule has 0 saturated heterocycles. The van der Waals surface area contributed by atoms with E-state index < -0.39 is 5.60 Å². The zero-order valence-electron chi connectivity index (χ0n) is 9.41. The maximum Gasteiger partial charge on any atom is 0.0762 e. The van der Waals surface area contributed by atoms with Crippen molar-refractivity contribution in [1.82, 2.24) is 0 Å². The van der Waals surface area contributed by atoms with Crippen molar-refractivity contribution in [1.29, 1.82) is 0 Å². The van der Waals surface area contributed by atoms with E-state index in [4.69, 9.17) is 0 Å². The fourth-order valence-electron chi connectivity index (χ4n) is 3.78. The van der Waals surface area contributed by atoms with E-state index in [0.717, 1.165) is 44.9 Å². The van der Waals surface area contributed by atoms with Crippen LogP contribution in [0.25, 0.3) is 0 Å². The minimum atomic E-state index is -0.686. The predicted octanol–water partition coefficient (Wildman–Crippen LogP) is 2.40. The van der Waals surface area contributed by atoms with Crippen molar-refractivity contribution in [3.8, 4) is 0 Å². The number of aliphatic hydroxyl groups is 2. The van der Waals surface area contributed by atoms with Gasteiger partial charge < -0.3 is 10.2 Å². The first-order chi connectivity index (χ1) is 7.15. The highest BCUT2D eigenvalue weighted by Gasteiger charge is 2.57. The van der Waals surface area contributed by atoms with E-state index in [0.29, 0.717) is 6.42 Å². The first kappa shape index (κ1) is 11.2. The molecule has 2 rings (SSSR count). The van der Waals surface area contributed by atoms with Gasteiger partial charge in [0.25, 0.3) is 0 Å². The Morgan fingerprint density at radius 1 is 1.20 bits per heavy atom. The molecule has 0 aromatic carbocycles. The third-order valence-electron chi connectivity index (χ3n) is 4.61. The van der Waals surface area contributed by atoms with E-state index in [2.05, 4.69) is 6.58 Å². The Kier molecular flexibility index (Phi) is 2.91. The van der Waals surface area contributed by atoms with Gasteiger partial charge in [-0.3, -0.25) is 0 Å². The van der Waals surface area contributed by atoms with Gasteiger partial charge in [0.05, 0.1) is 11.7 Å². The van der Waals surface area contributed by atoms with Crippen molar-refractivity contribution in [2.45, 2.75) is 63.1 Å². The van der Waals surface area contributed by atoms with E-state index in [9.17, 15) is 10.2 Å². The summed E-state index contributed by atoms with van der Waals surface area (Å²) >= 11 is 0. The van der Waals surface area contributed by atoms with Gasteiger partial charge in [0.15, 0.2) is 0 Å². The molecule has 2 aliphatic carbocycles. The number of hydrogen-bond donors (Lipinski definition) is 2. The van der Waals surface area contributed by atoms with Crippen LogP contribution in [0.1, 0.15) is 51.4 Å². The zero-order valence-corrected chi connectivity index (χ0v) is 9.41. The quantitative estimate of drug-likeness (QED) is 0.687. The number of hydrogen-bond acceptors (Lipinski definition) is 2. The van der Waals surface area contributed by atoms with Crippen molar-refractivity contribution in [2.24, 2.45) is 5.41 Å². The second kappa shape index (κ2) is 3.91. The molecule has 0 heterocycles. The van der Waals surface area contributed by atoms with Gasteiger partial charge in [-0.25, -0.2) is 0 Å². The van der Waals surface area contributed by atoms with Gasteiger partial charge in [0.2, 0.25) is 0 Å². The molecule has 1 spiro atoms. The lowest BCUT2D eigenvalue weighted by Gasteiger charge is -2.48. The lowest BCUT2D eigenvalue weighted by molar-refractivity contribution is -0.140. The molecular formula is C13H22O2. The van der Waals surface area contributed by atoms with Crippen molar-refractivity contribution < 1.29 is 10.2 Å². The Morgan fingerprint density at radius 2 is 1.93 bits per heavy atom. The molecule has 0 aromatic heterocycles. The largest absolute Gasteiger partial charge is 0.392 e. The maximum atomic E-state index is 10.7. The normalized spacial score (nSPS) is 45.9. The fraction of sp³-hybridized carbons (Fsp3) is 0.846. The first-order valence-electron chi connectivity index (χ1n) is 6.16. The van der Waals surface area contributed by atoms with Crippen molar-refractivity contribution >= 4 is 0 Å². The Hall–Kier alpha value is -0.340. The van der Waals surface area contributed by atoms with Crippen LogP contribution in [0.4, 0.5) is 0 Å². The molecular weight excluding hydrogens is 188 g/mol. The van der Waals surface area contributed by atoms with Crippen LogP contribution >= 0.6 is 0 Å². The highest BCUT2D eigenvalue weighted by Crippen LogP contribution is 2.56. The highest BCUT2D eigenvalue weighted by atomic mass is 16.3. The van der Waals surface area contributed by atoms with Gasteiger partial charge in [-0.1, -0.05) is 18.9 Å². The maximum absolute atomic E-state index is 10.7. The minimum absolute atomic E-state index is 0.223. The summed E-state index contributed by atoms with van der Waals surface area (Å²) in [5.74, 6) is 0. The average Bonchev–Trinajstić information content (AvgIpc) is 2.51. The van der Waals surface area contributed by atoms with E-state index in [1.54, 1.807) is 6.08 Å². The summed E-state index contributed by atoms with van der Waals surface area (Å²) in [6, 6.07) is 0. The molecule has 0 aliphatic heterocycles. The van der Waals surface area contributed by atoms with E-state index in [-0.39, 0.29) is 11.5 Å². The molecule has 2 fully saturated rings. The van der Waals surface area contributed by atoms with Gasteiger partial charge in [0, 0.05) is 5.41 Å². The fourth-order valence-corrected chi connectivity index (χ4v) is 3.78. The molecule has 2 saturated carbocycles. The molecule has 0 amide bonds. The zero-order chi connectivity index (χ0) is 10.9. The molecule has 2 heteroatoms. The molecule has 15 heavy (non-hydrogen) atoms. The number of aliphatic hydroxyl groups excluding tert-OH is 1. The van der Waals surface area contributed by atoms with Crippen molar-refractivity contribution in [3.05, 3.63) is 12.7 Å². The van der Waals surface area contributed by atoms with Gasteiger partial charge in [-0.15, -0.1) is 6.58 Å². The second-order valence-corrected chi connectivity index (χ2v) is 5.30. The smallest absolute Gasteiger partial charge is 0.0762 e. The predicted molar refractivity (Wildman–Crippen MR) is 60.5 cm³/mol. The Labute approximate surface area is 92.0 Å². The third-order valence-corrected chi connectivity index (χ3v) is 4.61. The molecule has 2 nitrogen and oxygen atoms in total. The molecule has 2 aliphatic rings. The monoisotopic (exact) mass is 210 g/mol. The standard InChI is InChI=1S/C13H22O2/c1-2-7-13(15)10-5-9-12(13)8-4-3-6-11(12)14/h2,11,14-15H,1,3-10H2/t11-,12-,13+/m0/s1. The van der Waals surface area contributed by atoms with Gasteiger partial charge >= 0.3 is 0 Å². The van der Waals surface area contributed by atoms with Crippen LogP contribution in [0.3, 0.4) is 0 Å². The minimum Gasteiger partial charge on any atom is -0.392 e. The molecule has 3 atom stereocenters. The van der Waals surface area contributed by atoms with E-state index in [1.807, 2.05) is 0 Å². The van der Waals surface area contributed by atoms with E-state index >= 15 is 0 Å². The Balaban J connectivity index is 2.27. The topological polar surface area (TPSA) is 40.5 Å².